The summed E-state index contributed by atoms with van der Waals surface area (Å²) in [6.45, 7) is 11.2. The minimum absolute atomic E-state index is 0.00530. The highest BCUT2D eigenvalue weighted by atomic mass is 16.4. The van der Waals surface area contributed by atoms with Gasteiger partial charge >= 0.3 is 5.97 Å². The number of carboxylic acid groups (broad SMARTS) is 1. The predicted molar refractivity (Wildman–Crippen MR) is 97.1 cm³/mol. The maximum atomic E-state index is 11.2. The van der Waals surface area contributed by atoms with Crippen molar-refractivity contribution < 1.29 is 9.90 Å². The second-order valence-corrected chi connectivity index (χ2v) is 6.23. The molecule has 3 aromatic rings. The van der Waals surface area contributed by atoms with Crippen molar-refractivity contribution in [1.29, 1.82) is 0 Å². The lowest BCUT2D eigenvalue weighted by molar-refractivity contribution is 0.0690. The maximum absolute atomic E-state index is 11.2. The molecule has 3 heterocycles. The molecule has 0 saturated heterocycles. The van der Waals surface area contributed by atoms with E-state index in [1.807, 2.05) is 38.1 Å². The average Bonchev–Trinajstić information content (AvgIpc) is 2.68. The number of carboxylic acids is 1. The average molecular weight is 344 g/mol. The highest BCUT2D eigenvalue weighted by Gasteiger charge is 2.27. The summed E-state index contributed by atoms with van der Waals surface area (Å²) >= 11 is 0. The third kappa shape index (κ3) is 3.15. The van der Waals surface area contributed by atoms with Crippen LogP contribution in [0.2, 0.25) is 0 Å². The molecular weight excluding hydrogens is 328 g/mol. The SMILES string of the molecule is [C-]#[N+]c1ncccc1-c1cccc(C(C)(C)c2cccc(C(=O)O)n2)n1. The molecular formula is C20H16N4O2. The lowest BCUT2D eigenvalue weighted by Crippen LogP contribution is -2.23. The monoisotopic (exact) mass is 344 g/mol. The lowest BCUT2D eigenvalue weighted by atomic mass is 9.84. The van der Waals surface area contributed by atoms with E-state index in [0.717, 1.165) is 5.69 Å². The molecule has 0 aromatic carbocycles. The first-order valence-corrected chi connectivity index (χ1v) is 7.94. The molecule has 0 aliphatic heterocycles. The lowest BCUT2D eigenvalue weighted by Gasteiger charge is -2.24. The summed E-state index contributed by atoms with van der Waals surface area (Å²) in [5.74, 6) is -0.776. The molecule has 6 heteroatoms. The number of aromatic nitrogens is 3. The highest BCUT2D eigenvalue weighted by molar-refractivity contribution is 5.85. The smallest absolute Gasteiger partial charge is 0.354 e. The molecule has 0 radical (unpaired) electrons. The van der Waals surface area contributed by atoms with Crippen molar-refractivity contribution >= 4 is 11.8 Å². The molecule has 0 amide bonds. The number of rotatable bonds is 4. The second kappa shape index (κ2) is 6.73. The molecule has 0 aliphatic carbocycles. The van der Waals surface area contributed by atoms with Crippen molar-refractivity contribution in [2.75, 3.05) is 0 Å². The molecule has 0 bridgehead atoms. The van der Waals surface area contributed by atoms with Gasteiger partial charge in [0.25, 0.3) is 5.82 Å². The van der Waals surface area contributed by atoms with Gasteiger partial charge in [0, 0.05) is 11.0 Å². The first-order valence-electron chi connectivity index (χ1n) is 7.94. The van der Waals surface area contributed by atoms with E-state index in [2.05, 4.69) is 14.8 Å². The number of nitrogens with zero attached hydrogens (tertiary/aromatic N) is 4. The molecule has 0 spiro atoms. The fourth-order valence-electron chi connectivity index (χ4n) is 2.65. The minimum Gasteiger partial charge on any atom is -0.477 e. The number of pyridine rings is 3. The van der Waals surface area contributed by atoms with Gasteiger partial charge in [0.1, 0.15) is 11.9 Å². The first-order chi connectivity index (χ1) is 12.4. The Labute approximate surface area is 151 Å². The summed E-state index contributed by atoms with van der Waals surface area (Å²) < 4.78 is 0. The fourth-order valence-corrected chi connectivity index (χ4v) is 2.65. The van der Waals surface area contributed by atoms with Crippen molar-refractivity contribution in [3.8, 4) is 11.3 Å². The Balaban J connectivity index is 2.09. The summed E-state index contributed by atoms with van der Waals surface area (Å²) in [5.41, 5.74) is 2.02. The summed E-state index contributed by atoms with van der Waals surface area (Å²) in [6.07, 6.45) is 1.58. The van der Waals surface area contributed by atoms with Crippen molar-refractivity contribution in [1.82, 2.24) is 15.0 Å². The Hall–Kier alpha value is -3.59. The molecule has 0 fully saturated rings. The maximum Gasteiger partial charge on any atom is 0.354 e. The van der Waals surface area contributed by atoms with Crippen LogP contribution in [-0.4, -0.2) is 26.0 Å². The molecule has 6 nitrogen and oxygen atoms in total. The largest absolute Gasteiger partial charge is 0.477 e. The Morgan fingerprint density at radius 2 is 1.73 bits per heavy atom. The standard InChI is InChI=1S/C20H16N4O2/c1-20(2,17-11-5-9-15(24-17)19(25)26)16-10-4-8-14(23-16)13-7-6-12-22-18(13)21-3/h4-12H,1-2H3,(H,25,26). The van der Waals surface area contributed by atoms with E-state index >= 15 is 0 Å². The van der Waals surface area contributed by atoms with E-state index in [0.29, 0.717) is 22.8 Å². The Morgan fingerprint density at radius 3 is 2.42 bits per heavy atom. The van der Waals surface area contributed by atoms with E-state index in [4.69, 9.17) is 11.6 Å². The normalized spacial score (nSPS) is 11.0. The zero-order valence-corrected chi connectivity index (χ0v) is 14.3. The second-order valence-electron chi connectivity index (χ2n) is 6.23. The molecule has 26 heavy (non-hydrogen) atoms. The van der Waals surface area contributed by atoms with E-state index in [1.54, 1.807) is 24.4 Å². The van der Waals surface area contributed by atoms with Gasteiger partial charge in [-0.3, -0.25) is 4.98 Å². The number of carbonyl (C=O) groups is 1. The fraction of sp³-hybridized carbons (Fsp3) is 0.150. The summed E-state index contributed by atoms with van der Waals surface area (Å²) in [5, 5.41) is 9.18. The summed E-state index contributed by atoms with van der Waals surface area (Å²) in [7, 11) is 0. The van der Waals surface area contributed by atoms with Gasteiger partial charge in [-0.25, -0.2) is 9.78 Å². The first kappa shape index (κ1) is 17.2. The van der Waals surface area contributed by atoms with Gasteiger partial charge in [0.05, 0.1) is 17.1 Å². The van der Waals surface area contributed by atoms with Gasteiger partial charge in [-0.05, 0) is 44.2 Å². The van der Waals surface area contributed by atoms with Crippen molar-refractivity contribution in [3.63, 3.8) is 0 Å². The van der Waals surface area contributed by atoms with Crippen LogP contribution in [-0.2, 0) is 5.41 Å². The molecule has 128 valence electrons. The topological polar surface area (TPSA) is 80.3 Å². The highest BCUT2D eigenvalue weighted by Crippen LogP contribution is 2.32. The van der Waals surface area contributed by atoms with E-state index in [9.17, 15) is 9.90 Å². The van der Waals surface area contributed by atoms with Gasteiger partial charge in [-0.15, -0.1) is 4.98 Å². The summed E-state index contributed by atoms with van der Waals surface area (Å²) in [6, 6.07) is 14.1. The number of hydrogen-bond donors (Lipinski definition) is 1. The van der Waals surface area contributed by atoms with Crippen LogP contribution in [0.4, 0.5) is 5.82 Å². The predicted octanol–water partition coefficient (Wildman–Crippen LogP) is 4.11. The van der Waals surface area contributed by atoms with Crippen LogP contribution < -0.4 is 0 Å². The van der Waals surface area contributed by atoms with E-state index < -0.39 is 11.4 Å². The quantitative estimate of drug-likeness (QED) is 0.720. The van der Waals surface area contributed by atoms with Crippen molar-refractivity contribution in [3.05, 3.63) is 83.2 Å². The molecule has 0 unspecified atom stereocenters. The zero-order chi connectivity index (χ0) is 18.7. The van der Waals surface area contributed by atoms with E-state index in [-0.39, 0.29) is 5.69 Å². The molecule has 3 aromatic heterocycles. The Morgan fingerprint density at radius 1 is 1.04 bits per heavy atom. The van der Waals surface area contributed by atoms with Gasteiger partial charge < -0.3 is 9.95 Å². The van der Waals surface area contributed by atoms with Crippen LogP contribution in [0.25, 0.3) is 16.1 Å². The van der Waals surface area contributed by atoms with Gasteiger partial charge in [0.2, 0.25) is 0 Å². The van der Waals surface area contributed by atoms with Crippen molar-refractivity contribution in [2.45, 2.75) is 19.3 Å². The molecule has 3 rings (SSSR count). The van der Waals surface area contributed by atoms with Gasteiger partial charge in [0.15, 0.2) is 0 Å². The van der Waals surface area contributed by atoms with E-state index in [1.165, 1.54) is 6.07 Å². The molecule has 0 atom stereocenters. The van der Waals surface area contributed by atoms with Crippen LogP contribution in [0.1, 0.15) is 35.7 Å². The molecule has 0 aliphatic rings. The Bertz CT molecular complexity index is 1020. The van der Waals surface area contributed by atoms with Crippen molar-refractivity contribution in [2.24, 2.45) is 0 Å². The number of hydrogen-bond acceptors (Lipinski definition) is 4. The van der Waals surface area contributed by atoms with Crippen LogP contribution in [0, 0.1) is 6.57 Å². The summed E-state index contributed by atoms with van der Waals surface area (Å²) in [4.78, 5) is 27.7. The zero-order valence-electron chi connectivity index (χ0n) is 14.3. The van der Waals surface area contributed by atoms with Crippen LogP contribution in [0.5, 0.6) is 0 Å². The number of aromatic carboxylic acids is 1. The van der Waals surface area contributed by atoms with Crippen LogP contribution >= 0.6 is 0 Å². The Kier molecular flexibility index (Phi) is 4.46. The van der Waals surface area contributed by atoms with Crippen LogP contribution in [0.3, 0.4) is 0 Å². The third-order valence-electron chi connectivity index (χ3n) is 4.17. The molecule has 0 saturated carbocycles. The van der Waals surface area contributed by atoms with Crippen LogP contribution in [0.15, 0.2) is 54.7 Å². The van der Waals surface area contributed by atoms with Gasteiger partial charge in [-0.2, -0.15) is 0 Å². The van der Waals surface area contributed by atoms with Gasteiger partial charge in [-0.1, -0.05) is 24.8 Å². The third-order valence-corrected chi connectivity index (χ3v) is 4.17. The minimum atomic E-state index is -1.07. The molecule has 1 N–H and O–H groups in total.